The van der Waals surface area contributed by atoms with Gasteiger partial charge in [-0.15, -0.1) is 0 Å². The fourth-order valence-electron chi connectivity index (χ4n) is 2.89. The summed E-state index contributed by atoms with van der Waals surface area (Å²) in [5, 5.41) is 24.8. The lowest BCUT2D eigenvalue weighted by Crippen LogP contribution is -2.16. The summed E-state index contributed by atoms with van der Waals surface area (Å²) >= 11 is 0. The fourth-order valence-corrected chi connectivity index (χ4v) is 2.89. The van der Waals surface area contributed by atoms with Crippen LogP contribution in [0.4, 0.5) is 17.1 Å². The highest BCUT2D eigenvalue weighted by Gasteiger charge is 2.18. The Bertz CT molecular complexity index is 1020. The van der Waals surface area contributed by atoms with Gasteiger partial charge in [-0.1, -0.05) is 30.3 Å². The van der Waals surface area contributed by atoms with Crippen LogP contribution in [0.3, 0.4) is 0 Å². The first-order valence-corrected chi connectivity index (χ1v) is 8.77. The number of hydrogen-bond acceptors (Lipinski definition) is 6. The van der Waals surface area contributed by atoms with Crippen LogP contribution in [0, 0.1) is 20.2 Å². The molecule has 0 aliphatic rings. The molecule has 0 aromatic heterocycles. The second-order valence-electron chi connectivity index (χ2n) is 6.34. The van der Waals surface area contributed by atoms with Crippen LogP contribution in [0.2, 0.25) is 0 Å². The van der Waals surface area contributed by atoms with Crippen molar-refractivity contribution in [2.75, 3.05) is 5.32 Å². The SMILES string of the molecule is O=C(CC(Nc1ccc([N+](=O)[O-])cc1)c1ccccc1)c1ccc([N+](=O)[O-])cc1. The zero-order valence-corrected chi connectivity index (χ0v) is 15.2. The molecule has 3 aromatic rings. The quantitative estimate of drug-likeness (QED) is 0.331. The van der Waals surface area contributed by atoms with E-state index in [1.54, 1.807) is 12.1 Å². The number of non-ortho nitro benzene ring substituents is 2. The summed E-state index contributed by atoms with van der Waals surface area (Å²) in [5.41, 5.74) is 1.79. The second kappa shape index (κ2) is 8.75. The van der Waals surface area contributed by atoms with E-state index >= 15 is 0 Å². The molecule has 1 unspecified atom stereocenters. The maximum absolute atomic E-state index is 12.7. The number of rotatable bonds is 8. The largest absolute Gasteiger partial charge is 0.378 e. The topological polar surface area (TPSA) is 115 Å². The number of benzene rings is 3. The van der Waals surface area contributed by atoms with Gasteiger partial charge in [0.05, 0.1) is 15.9 Å². The zero-order chi connectivity index (χ0) is 20.8. The van der Waals surface area contributed by atoms with Gasteiger partial charge in [0.2, 0.25) is 0 Å². The third-order valence-electron chi connectivity index (χ3n) is 4.41. The highest BCUT2D eigenvalue weighted by atomic mass is 16.6. The van der Waals surface area contributed by atoms with Crippen molar-refractivity contribution in [3.05, 3.63) is 110 Å². The molecule has 0 saturated carbocycles. The van der Waals surface area contributed by atoms with E-state index in [-0.39, 0.29) is 29.6 Å². The highest BCUT2D eigenvalue weighted by Crippen LogP contribution is 2.26. The molecule has 0 aliphatic heterocycles. The van der Waals surface area contributed by atoms with Gasteiger partial charge in [-0.2, -0.15) is 0 Å². The zero-order valence-electron chi connectivity index (χ0n) is 15.2. The molecule has 8 nitrogen and oxygen atoms in total. The molecular formula is C21H17N3O5. The smallest absolute Gasteiger partial charge is 0.269 e. The second-order valence-corrected chi connectivity index (χ2v) is 6.34. The first-order valence-electron chi connectivity index (χ1n) is 8.77. The lowest BCUT2D eigenvalue weighted by Gasteiger charge is -2.20. The van der Waals surface area contributed by atoms with Gasteiger partial charge < -0.3 is 5.32 Å². The molecule has 1 N–H and O–H groups in total. The number of nitro benzene ring substituents is 2. The summed E-state index contributed by atoms with van der Waals surface area (Å²) in [5.74, 6) is -0.178. The van der Waals surface area contributed by atoms with Crippen molar-refractivity contribution < 1.29 is 14.6 Å². The number of nitro groups is 2. The van der Waals surface area contributed by atoms with E-state index in [9.17, 15) is 25.0 Å². The van der Waals surface area contributed by atoms with Crippen LogP contribution in [-0.2, 0) is 0 Å². The van der Waals surface area contributed by atoms with Crippen LogP contribution < -0.4 is 5.32 Å². The summed E-state index contributed by atoms with van der Waals surface area (Å²) in [4.78, 5) is 33.4. The van der Waals surface area contributed by atoms with E-state index in [1.165, 1.54) is 36.4 Å². The molecular weight excluding hydrogens is 374 g/mol. The van der Waals surface area contributed by atoms with Gasteiger partial charge in [0, 0.05) is 41.9 Å². The Labute approximate surface area is 166 Å². The van der Waals surface area contributed by atoms with Gasteiger partial charge >= 0.3 is 0 Å². The molecule has 146 valence electrons. The summed E-state index contributed by atoms with van der Waals surface area (Å²) in [6.45, 7) is 0. The van der Waals surface area contributed by atoms with Crippen LogP contribution >= 0.6 is 0 Å². The maximum Gasteiger partial charge on any atom is 0.269 e. The number of nitrogens with one attached hydrogen (secondary N) is 1. The molecule has 8 heteroatoms. The van der Waals surface area contributed by atoms with E-state index in [0.29, 0.717) is 11.3 Å². The normalized spacial score (nSPS) is 11.4. The lowest BCUT2D eigenvalue weighted by molar-refractivity contribution is -0.385. The van der Waals surface area contributed by atoms with Crippen molar-refractivity contribution in [2.45, 2.75) is 12.5 Å². The molecule has 0 aliphatic carbocycles. The summed E-state index contributed by atoms with van der Waals surface area (Å²) in [6.07, 6.45) is 0.110. The molecule has 0 heterocycles. The van der Waals surface area contributed by atoms with Gasteiger partial charge in [0.1, 0.15) is 0 Å². The average Bonchev–Trinajstić information content (AvgIpc) is 2.74. The van der Waals surface area contributed by atoms with Crippen molar-refractivity contribution in [3.63, 3.8) is 0 Å². The van der Waals surface area contributed by atoms with Gasteiger partial charge in [0.25, 0.3) is 11.4 Å². The third kappa shape index (κ3) is 5.01. The average molecular weight is 391 g/mol. The van der Waals surface area contributed by atoms with Crippen LogP contribution in [0.1, 0.15) is 28.4 Å². The van der Waals surface area contributed by atoms with Crippen molar-refractivity contribution >= 4 is 22.8 Å². The Morgan fingerprint density at radius 3 is 1.83 bits per heavy atom. The van der Waals surface area contributed by atoms with Crippen LogP contribution in [-0.4, -0.2) is 15.6 Å². The van der Waals surface area contributed by atoms with Crippen molar-refractivity contribution in [3.8, 4) is 0 Å². The molecule has 0 fully saturated rings. The first-order chi connectivity index (χ1) is 13.9. The third-order valence-corrected chi connectivity index (χ3v) is 4.41. The predicted octanol–water partition coefficient (Wildman–Crippen LogP) is 4.93. The summed E-state index contributed by atoms with van der Waals surface area (Å²) in [6, 6.07) is 20.4. The molecule has 0 saturated heterocycles. The Balaban J connectivity index is 1.81. The Hall–Kier alpha value is -4.07. The Kier molecular flexibility index (Phi) is 5.94. The standard InChI is InChI=1S/C21H17N3O5/c25-21(16-6-10-18(11-7-16)23(26)27)14-20(15-4-2-1-3-5-15)22-17-8-12-19(13-9-17)24(28)29/h1-13,20,22H,14H2. The Morgan fingerprint density at radius 1 is 0.793 bits per heavy atom. The molecule has 1 atom stereocenters. The fraction of sp³-hybridized carbons (Fsp3) is 0.0952. The number of nitrogens with zero attached hydrogens (tertiary/aromatic N) is 2. The highest BCUT2D eigenvalue weighted by molar-refractivity contribution is 5.96. The number of Topliss-reactive ketones (excluding diaryl/α,β-unsaturated/α-hetero) is 1. The molecule has 0 bridgehead atoms. The van der Waals surface area contributed by atoms with Crippen LogP contribution in [0.15, 0.2) is 78.9 Å². The summed E-state index contributed by atoms with van der Waals surface area (Å²) < 4.78 is 0. The van der Waals surface area contributed by atoms with Gasteiger partial charge in [0.15, 0.2) is 5.78 Å². The molecule has 29 heavy (non-hydrogen) atoms. The number of anilines is 1. The van der Waals surface area contributed by atoms with Crippen molar-refractivity contribution in [1.82, 2.24) is 0 Å². The minimum atomic E-state index is -0.517. The van der Waals surface area contributed by atoms with Gasteiger partial charge in [-0.25, -0.2) is 0 Å². The molecule has 0 spiro atoms. The Morgan fingerprint density at radius 2 is 1.31 bits per heavy atom. The monoisotopic (exact) mass is 391 g/mol. The van der Waals surface area contributed by atoms with Gasteiger partial charge in [-0.05, 0) is 29.8 Å². The number of carbonyl (C=O) groups excluding carboxylic acids is 1. The summed E-state index contributed by atoms with van der Waals surface area (Å²) in [7, 11) is 0. The van der Waals surface area contributed by atoms with E-state index < -0.39 is 9.85 Å². The van der Waals surface area contributed by atoms with Crippen molar-refractivity contribution in [1.29, 1.82) is 0 Å². The van der Waals surface area contributed by atoms with E-state index in [0.717, 1.165) is 5.56 Å². The maximum atomic E-state index is 12.7. The molecule has 0 radical (unpaired) electrons. The predicted molar refractivity (Wildman–Crippen MR) is 108 cm³/mol. The number of hydrogen-bond donors (Lipinski definition) is 1. The van der Waals surface area contributed by atoms with Crippen LogP contribution in [0.25, 0.3) is 0 Å². The van der Waals surface area contributed by atoms with E-state index in [4.69, 9.17) is 0 Å². The molecule has 0 amide bonds. The first kappa shape index (κ1) is 19.7. The lowest BCUT2D eigenvalue weighted by atomic mass is 9.97. The van der Waals surface area contributed by atoms with Gasteiger partial charge in [-0.3, -0.25) is 25.0 Å². The van der Waals surface area contributed by atoms with Crippen LogP contribution in [0.5, 0.6) is 0 Å². The molecule has 3 rings (SSSR count). The number of carbonyl (C=O) groups is 1. The van der Waals surface area contributed by atoms with E-state index in [1.807, 2.05) is 30.3 Å². The van der Waals surface area contributed by atoms with E-state index in [2.05, 4.69) is 5.32 Å². The molecule has 3 aromatic carbocycles. The van der Waals surface area contributed by atoms with Crippen molar-refractivity contribution in [2.24, 2.45) is 0 Å². The minimum absolute atomic E-state index is 0.0197. The minimum Gasteiger partial charge on any atom is -0.378 e. The number of ketones is 1.